The van der Waals surface area contributed by atoms with E-state index in [1.807, 2.05) is 54.3 Å². The van der Waals surface area contributed by atoms with Crippen LogP contribution in [0.15, 0.2) is 42.5 Å². The third-order valence-electron chi connectivity index (χ3n) is 4.18. The van der Waals surface area contributed by atoms with Crippen LogP contribution in [0.25, 0.3) is 11.0 Å². The summed E-state index contributed by atoms with van der Waals surface area (Å²) in [6.07, 6.45) is 2.01. The van der Waals surface area contributed by atoms with Crippen molar-refractivity contribution < 1.29 is 4.79 Å². The van der Waals surface area contributed by atoms with Gasteiger partial charge in [-0.2, -0.15) is 0 Å². The molecule has 0 saturated carbocycles. The Morgan fingerprint density at radius 3 is 2.84 bits per heavy atom. The molecular weight excluding hydrogens is 334 g/mol. The average molecular weight is 356 g/mol. The number of halogens is 1. The van der Waals surface area contributed by atoms with Gasteiger partial charge in [0.2, 0.25) is 0 Å². The standard InChI is InChI=1S/C20H22ClN3O/c1-3-4-10-24(13-15-6-5-7-17(21)11-15)20(25)16-8-9-18-19(12-16)23-14(2)22-18/h5-9,11-12H,3-4,10,13H2,1-2H3,(H,22,23). The minimum Gasteiger partial charge on any atom is -0.342 e. The summed E-state index contributed by atoms with van der Waals surface area (Å²) < 4.78 is 0. The van der Waals surface area contributed by atoms with Gasteiger partial charge in [0.1, 0.15) is 5.82 Å². The lowest BCUT2D eigenvalue weighted by molar-refractivity contribution is 0.0741. The van der Waals surface area contributed by atoms with E-state index in [2.05, 4.69) is 16.9 Å². The number of fused-ring (bicyclic) bond motifs is 1. The lowest BCUT2D eigenvalue weighted by Gasteiger charge is -2.23. The zero-order valence-corrected chi connectivity index (χ0v) is 15.3. The van der Waals surface area contributed by atoms with Crippen LogP contribution in [0.3, 0.4) is 0 Å². The summed E-state index contributed by atoms with van der Waals surface area (Å²) in [6.45, 7) is 5.32. The van der Waals surface area contributed by atoms with Crippen molar-refractivity contribution >= 4 is 28.5 Å². The first kappa shape index (κ1) is 17.5. The monoisotopic (exact) mass is 355 g/mol. The Balaban J connectivity index is 1.86. The molecular formula is C20H22ClN3O. The second-order valence-electron chi connectivity index (χ2n) is 6.26. The molecule has 25 heavy (non-hydrogen) atoms. The van der Waals surface area contributed by atoms with Crippen molar-refractivity contribution in [2.45, 2.75) is 33.2 Å². The Labute approximate surface area is 152 Å². The van der Waals surface area contributed by atoms with Crippen LogP contribution in [-0.4, -0.2) is 27.3 Å². The number of aryl methyl sites for hydroxylation is 1. The van der Waals surface area contributed by atoms with Crippen molar-refractivity contribution in [3.8, 4) is 0 Å². The molecule has 1 amide bonds. The number of nitrogens with one attached hydrogen (secondary N) is 1. The number of nitrogens with zero attached hydrogens (tertiary/aromatic N) is 2. The number of imidazole rings is 1. The maximum Gasteiger partial charge on any atom is 0.254 e. The van der Waals surface area contributed by atoms with Crippen LogP contribution < -0.4 is 0 Å². The van der Waals surface area contributed by atoms with E-state index in [0.717, 1.165) is 41.8 Å². The molecule has 0 bridgehead atoms. The zero-order valence-electron chi connectivity index (χ0n) is 14.6. The third-order valence-corrected chi connectivity index (χ3v) is 4.41. The molecule has 0 aliphatic carbocycles. The van der Waals surface area contributed by atoms with Crippen LogP contribution in [-0.2, 0) is 6.54 Å². The van der Waals surface area contributed by atoms with E-state index in [4.69, 9.17) is 11.6 Å². The second kappa shape index (κ2) is 7.70. The maximum absolute atomic E-state index is 13.0. The van der Waals surface area contributed by atoms with Gasteiger partial charge in [0.15, 0.2) is 0 Å². The van der Waals surface area contributed by atoms with Gasteiger partial charge in [0.05, 0.1) is 11.0 Å². The van der Waals surface area contributed by atoms with Crippen molar-refractivity contribution in [1.82, 2.24) is 14.9 Å². The first-order valence-electron chi connectivity index (χ1n) is 8.57. The molecule has 1 heterocycles. The van der Waals surface area contributed by atoms with Crippen LogP contribution in [0, 0.1) is 6.92 Å². The van der Waals surface area contributed by atoms with Gasteiger partial charge in [-0.3, -0.25) is 4.79 Å². The summed E-state index contributed by atoms with van der Waals surface area (Å²) in [4.78, 5) is 22.5. The third kappa shape index (κ3) is 4.20. The van der Waals surface area contributed by atoms with Gasteiger partial charge in [-0.25, -0.2) is 4.98 Å². The number of aromatic amines is 1. The fraction of sp³-hybridized carbons (Fsp3) is 0.300. The minimum atomic E-state index is 0.0302. The smallest absolute Gasteiger partial charge is 0.254 e. The lowest BCUT2D eigenvalue weighted by atomic mass is 10.1. The van der Waals surface area contributed by atoms with E-state index in [9.17, 15) is 4.79 Å². The van der Waals surface area contributed by atoms with Gasteiger partial charge in [-0.1, -0.05) is 37.1 Å². The zero-order chi connectivity index (χ0) is 17.8. The Kier molecular flexibility index (Phi) is 5.39. The van der Waals surface area contributed by atoms with Gasteiger partial charge < -0.3 is 9.88 Å². The first-order valence-corrected chi connectivity index (χ1v) is 8.94. The molecule has 0 aliphatic rings. The Morgan fingerprint density at radius 1 is 1.24 bits per heavy atom. The van der Waals surface area contributed by atoms with Crippen LogP contribution in [0.4, 0.5) is 0 Å². The van der Waals surface area contributed by atoms with Crippen molar-refractivity contribution in [2.24, 2.45) is 0 Å². The van der Waals surface area contributed by atoms with E-state index >= 15 is 0 Å². The summed E-state index contributed by atoms with van der Waals surface area (Å²) in [5, 5.41) is 0.690. The van der Waals surface area contributed by atoms with Crippen molar-refractivity contribution in [3.05, 3.63) is 64.4 Å². The van der Waals surface area contributed by atoms with E-state index in [1.165, 1.54) is 0 Å². The molecule has 1 N–H and O–H groups in total. The maximum atomic E-state index is 13.0. The van der Waals surface area contributed by atoms with Crippen molar-refractivity contribution in [1.29, 1.82) is 0 Å². The molecule has 4 nitrogen and oxygen atoms in total. The lowest BCUT2D eigenvalue weighted by Crippen LogP contribution is -2.31. The number of aromatic nitrogens is 2. The minimum absolute atomic E-state index is 0.0302. The first-order chi connectivity index (χ1) is 12.1. The van der Waals surface area contributed by atoms with Crippen LogP contribution in [0.2, 0.25) is 5.02 Å². The molecule has 3 aromatic rings. The normalized spacial score (nSPS) is 11.0. The molecule has 0 atom stereocenters. The number of benzene rings is 2. The van der Waals surface area contributed by atoms with E-state index in [0.29, 0.717) is 17.1 Å². The number of carbonyl (C=O) groups excluding carboxylic acids is 1. The highest BCUT2D eigenvalue weighted by atomic mass is 35.5. The molecule has 130 valence electrons. The van der Waals surface area contributed by atoms with Gasteiger partial charge >= 0.3 is 0 Å². The summed E-state index contributed by atoms with van der Waals surface area (Å²) in [6, 6.07) is 13.3. The summed E-state index contributed by atoms with van der Waals surface area (Å²) in [5.41, 5.74) is 3.48. The molecule has 0 fully saturated rings. The highest BCUT2D eigenvalue weighted by Crippen LogP contribution is 2.18. The highest BCUT2D eigenvalue weighted by Gasteiger charge is 2.17. The van der Waals surface area contributed by atoms with E-state index in [1.54, 1.807) is 0 Å². The number of H-pyrrole nitrogens is 1. The molecule has 5 heteroatoms. The van der Waals surface area contributed by atoms with Gasteiger partial charge in [0, 0.05) is 23.7 Å². The van der Waals surface area contributed by atoms with Crippen LogP contribution >= 0.6 is 11.6 Å². The average Bonchev–Trinajstić information content (AvgIpc) is 2.97. The van der Waals surface area contributed by atoms with Crippen molar-refractivity contribution in [2.75, 3.05) is 6.54 Å². The largest absolute Gasteiger partial charge is 0.342 e. The number of amides is 1. The topological polar surface area (TPSA) is 49.0 Å². The number of hydrogen-bond donors (Lipinski definition) is 1. The number of rotatable bonds is 6. The molecule has 0 aliphatic heterocycles. The summed E-state index contributed by atoms with van der Waals surface area (Å²) in [7, 11) is 0. The van der Waals surface area contributed by atoms with Gasteiger partial charge in [-0.05, 0) is 49.2 Å². The van der Waals surface area contributed by atoms with E-state index in [-0.39, 0.29) is 5.91 Å². The molecule has 3 rings (SSSR count). The predicted molar refractivity (Wildman–Crippen MR) is 102 cm³/mol. The van der Waals surface area contributed by atoms with Gasteiger partial charge in [0.25, 0.3) is 5.91 Å². The van der Waals surface area contributed by atoms with E-state index < -0.39 is 0 Å². The number of carbonyl (C=O) groups is 1. The Morgan fingerprint density at radius 2 is 2.08 bits per heavy atom. The number of unbranched alkanes of at least 4 members (excludes halogenated alkanes) is 1. The Bertz CT molecular complexity index is 888. The SMILES string of the molecule is CCCCN(Cc1cccc(Cl)c1)C(=O)c1ccc2nc(C)[nH]c2c1. The molecule has 0 unspecified atom stereocenters. The molecule has 0 spiro atoms. The quantitative estimate of drug-likeness (QED) is 0.678. The van der Waals surface area contributed by atoms with Crippen molar-refractivity contribution in [3.63, 3.8) is 0 Å². The highest BCUT2D eigenvalue weighted by molar-refractivity contribution is 6.30. The fourth-order valence-corrected chi connectivity index (χ4v) is 3.12. The molecule has 1 aromatic heterocycles. The summed E-state index contributed by atoms with van der Waals surface area (Å²) in [5.74, 6) is 0.879. The van der Waals surface area contributed by atoms with Crippen LogP contribution in [0.1, 0.15) is 41.5 Å². The molecule has 2 aromatic carbocycles. The molecule has 0 radical (unpaired) electrons. The predicted octanol–water partition coefficient (Wildman–Crippen LogP) is 4.97. The van der Waals surface area contributed by atoms with Gasteiger partial charge in [-0.15, -0.1) is 0 Å². The molecule has 0 saturated heterocycles. The number of hydrogen-bond acceptors (Lipinski definition) is 2. The Hall–Kier alpha value is -2.33. The van der Waals surface area contributed by atoms with Crippen LogP contribution in [0.5, 0.6) is 0 Å². The summed E-state index contributed by atoms with van der Waals surface area (Å²) >= 11 is 6.08. The second-order valence-corrected chi connectivity index (χ2v) is 6.70. The fourth-order valence-electron chi connectivity index (χ4n) is 2.91.